The van der Waals surface area contributed by atoms with E-state index in [1.165, 1.54) is 6.07 Å². The van der Waals surface area contributed by atoms with Crippen molar-refractivity contribution in [2.75, 3.05) is 0 Å². The maximum atomic E-state index is 13.9. The topological polar surface area (TPSA) is 86.7 Å². The number of nitrogens with one attached hydrogen (secondary N) is 1. The molecule has 1 saturated carbocycles. The van der Waals surface area contributed by atoms with E-state index in [-0.39, 0.29) is 28.2 Å². The van der Waals surface area contributed by atoms with E-state index in [4.69, 9.17) is 11.6 Å². The molecule has 1 fully saturated rings. The highest BCUT2D eigenvalue weighted by Gasteiger charge is 2.27. The second kappa shape index (κ2) is 10.5. The number of hydrogen-bond donors (Lipinski definition) is 1. The summed E-state index contributed by atoms with van der Waals surface area (Å²) in [6, 6.07) is 14.6. The van der Waals surface area contributed by atoms with Crippen LogP contribution in [0.2, 0.25) is 5.02 Å². The first kappa shape index (κ1) is 26.2. The predicted octanol–water partition coefficient (Wildman–Crippen LogP) is 5.65. The van der Waals surface area contributed by atoms with Crippen LogP contribution in [0, 0.1) is 5.92 Å². The lowest BCUT2D eigenvalue weighted by molar-refractivity contribution is 0.0904. The average Bonchev–Trinajstić information content (AvgIpc) is 3.45. The Morgan fingerprint density at radius 3 is 2.60 bits per heavy atom. The molecule has 0 radical (unpaired) electrons. The molecule has 1 aliphatic carbocycles. The van der Waals surface area contributed by atoms with Gasteiger partial charge in [0.2, 0.25) is 0 Å². The SMILES string of the molecule is Cn1cc2c(-n3c(=O)n(CC4CCC(NC(=O)c5cc(Cl)cnc5C(F)F)CC4)c4ccccc43)cccc2n1. The lowest BCUT2D eigenvalue weighted by atomic mass is 9.85. The average molecular weight is 565 g/mol. The summed E-state index contributed by atoms with van der Waals surface area (Å²) < 4.78 is 32.1. The Kier molecular flexibility index (Phi) is 6.87. The predicted molar refractivity (Wildman–Crippen MR) is 149 cm³/mol. The molecule has 0 atom stereocenters. The second-order valence-corrected chi connectivity index (χ2v) is 10.7. The molecule has 11 heteroatoms. The van der Waals surface area contributed by atoms with E-state index in [1.54, 1.807) is 9.25 Å². The number of hydrogen-bond acceptors (Lipinski definition) is 4. The normalized spacial score (nSPS) is 17.6. The first-order valence-corrected chi connectivity index (χ1v) is 13.6. The smallest absolute Gasteiger partial charge is 0.333 e. The summed E-state index contributed by atoms with van der Waals surface area (Å²) in [6.45, 7) is 0.545. The Morgan fingerprint density at radius 1 is 1.10 bits per heavy atom. The number of imidazole rings is 1. The minimum Gasteiger partial charge on any atom is -0.349 e. The molecule has 40 heavy (non-hydrogen) atoms. The van der Waals surface area contributed by atoms with Gasteiger partial charge < -0.3 is 5.32 Å². The second-order valence-electron chi connectivity index (χ2n) is 10.3. The van der Waals surface area contributed by atoms with Crippen molar-refractivity contribution in [3.8, 4) is 5.69 Å². The van der Waals surface area contributed by atoms with Gasteiger partial charge in [-0.15, -0.1) is 0 Å². The Bertz CT molecular complexity index is 1780. The molecule has 3 heterocycles. The van der Waals surface area contributed by atoms with E-state index in [0.717, 1.165) is 46.7 Å². The van der Waals surface area contributed by atoms with Gasteiger partial charge in [-0.25, -0.2) is 13.6 Å². The van der Waals surface area contributed by atoms with Gasteiger partial charge in [0.05, 0.1) is 32.8 Å². The fraction of sp³-hybridized carbons (Fsp3) is 0.310. The minimum atomic E-state index is -2.88. The van der Waals surface area contributed by atoms with Crippen molar-refractivity contribution in [1.82, 2.24) is 29.2 Å². The number of para-hydroxylation sites is 2. The molecule has 206 valence electrons. The molecule has 2 aromatic carbocycles. The number of nitrogens with zero attached hydrogens (tertiary/aromatic N) is 5. The fourth-order valence-corrected chi connectivity index (χ4v) is 5.93. The zero-order chi connectivity index (χ0) is 28.0. The third-order valence-corrected chi connectivity index (χ3v) is 7.88. The highest BCUT2D eigenvalue weighted by Crippen LogP contribution is 2.30. The first-order chi connectivity index (χ1) is 19.3. The summed E-state index contributed by atoms with van der Waals surface area (Å²) in [6.07, 6.45) is 3.08. The number of halogens is 3. The number of rotatable bonds is 6. The van der Waals surface area contributed by atoms with Crippen molar-refractivity contribution < 1.29 is 13.6 Å². The van der Waals surface area contributed by atoms with E-state index >= 15 is 0 Å². The third-order valence-electron chi connectivity index (χ3n) is 7.68. The number of aryl methyl sites for hydroxylation is 1. The van der Waals surface area contributed by atoms with Crippen LogP contribution >= 0.6 is 11.6 Å². The maximum absolute atomic E-state index is 13.9. The molecule has 1 aliphatic rings. The molecular formula is C29H27ClF2N6O2. The van der Waals surface area contributed by atoms with Crippen molar-refractivity contribution in [2.45, 2.75) is 44.7 Å². The van der Waals surface area contributed by atoms with Crippen LogP contribution in [-0.4, -0.2) is 35.8 Å². The van der Waals surface area contributed by atoms with Gasteiger partial charge in [-0.1, -0.05) is 29.8 Å². The van der Waals surface area contributed by atoms with Crippen LogP contribution in [0.5, 0.6) is 0 Å². The Morgan fingerprint density at radius 2 is 1.85 bits per heavy atom. The Labute approximate surface area is 233 Å². The first-order valence-electron chi connectivity index (χ1n) is 13.2. The molecule has 1 N–H and O–H groups in total. The molecule has 0 aliphatic heterocycles. The van der Waals surface area contributed by atoms with Crippen molar-refractivity contribution in [3.05, 3.63) is 87.7 Å². The zero-order valence-electron chi connectivity index (χ0n) is 21.7. The summed E-state index contributed by atoms with van der Waals surface area (Å²) in [5.41, 5.74) is 2.41. The van der Waals surface area contributed by atoms with E-state index in [2.05, 4.69) is 15.4 Å². The largest absolute Gasteiger partial charge is 0.349 e. The van der Waals surface area contributed by atoms with Gasteiger partial charge in [-0.05, 0) is 61.9 Å². The van der Waals surface area contributed by atoms with Crippen molar-refractivity contribution in [3.63, 3.8) is 0 Å². The van der Waals surface area contributed by atoms with Crippen LogP contribution in [0.1, 0.15) is 48.2 Å². The summed E-state index contributed by atoms with van der Waals surface area (Å²) >= 11 is 5.91. The van der Waals surface area contributed by atoms with Gasteiger partial charge in [0, 0.05) is 37.4 Å². The molecular weight excluding hydrogens is 538 g/mol. The van der Waals surface area contributed by atoms with Crippen LogP contribution < -0.4 is 11.0 Å². The number of benzene rings is 2. The van der Waals surface area contributed by atoms with Gasteiger partial charge >= 0.3 is 5.69 Å². The summed E-state index contributed by atoms with van der Waals surface area (Å²) in [4.78, 5) is 30.3. The number of aromatic nitrogens is 5. The Balaban J connectivity index is 1.21. The highest BCUT2D eigenvalue weighted by molar-refractivity contribution is 6.30. The monoisotopic (exact) mass is 564 g/mol. The van der Waals surface area contributed by atoms with Crippen molar-refractivity contribution in [1.29, 1.82) is 0 Å². The maximum Gasteiger partial charge on any atom is 0.333 e. The van der Waals surface area contributed by atoms with Gasteiger partial charge in [0.25, 0.3) is 12.3 Å². The number of fused-ring (bicyclic) bond motifs is 2. The minimum absolute atomic E-state index is 0.110. The molecule has 0 spiro atoms. The standard InChI is InChI=1S/C29H27ClF2N6O2/c1-36-16-21-22(35-36)5-4-8-23(21)38-25-7-3-2-6-24(25)37(29(38)40)15-17-9-11-19(12-10-17)34-28(39)20-13-18(30)14-33-26(20)27(31)32/h2-8,13-14,16-17,19,27H,9-12,15H2,1H3,(H,34,39). The Hall–Kier alpha value is -4.05. The molecule has 3 aromatic heterocycles. The molecule has 1 amide bonds. The van der Waals surface area contributed by atoms with Crippen molar-refractivity contribution >= 4 is 39.4 Å². The molecule has 6 rings (SSSR count). The van der Waals surface area contributed by atoms with Crippen molar-refractivity contribution in [2.24, 2.45) is 13.0 Å². The van der Waals surface area contributed by atoms with Gasteiger partial charge in [-0.2, -0.15) is 5.10 Å². The molecule has 8 nitrogen and oxygen atoms in total. The number of alkyl halides is 2. The lowest BCUT2D eigenvalue weighted by Crippen LogP contribution is -2.39. The van der Waals surface area contributed by atoms with E-state index in [0.29, 0.717) is 19.4 Å². The van der Waals surface area contributed by atoms with Gasteiger partial charge in [0.15, 0.2) is 0 Å². The van der Waals surface area contributed by atoms with Crippen LogP contribution in [0.4, 0.5) is 8.78 Å². The van der Waals surface area contributed by atoms with Crippen LogP contribution in [0.3, 0.4) is 0 Å². The van der Waals surface area contributed by atoms with Crippen LogP contribution in [0.15, 0.2) is 65.7 Å². The van der Waals surface area contributed by atoms with E-state index in [9.17, 15) is 18.4 Å². The quantitative estimate of drug-likeness (QED) is 0.289. The summed E-state index contributed by atoms with van der Waals surface area (Å²) in [5, 5.41) is 8.39. The zero-order valence-corrected chi connectivity index (χ0v) is 22.5. The van der Waals surface area contributed by atoms with E-state index < -0.39 is 18.0 Å². The number of amides is 1. The van der Waals surface area contributed by atoms with Gasteiger partial charge in [0.1, 0.15) is 5.69 Å². The molecule has 0 unspecified atom stereocenters. The number of carbonyl (C=O) groups excluding carboxylic acids is 1. The van der Waals surface area contributed by atoms with Crippen LogP contribution in [0.25, 0.3) is 27.6 Å². The summed E-state index contributed by atoms with van der Waals surface area (Å²) in [7, 11) is 1.86. The fourth-order valence-electron chi connectivity index (χ4n) is 5.78. The molecule has 5 aromatic rings. The highest BCUT2D eigenvalue weighted by atomic mass is 35.5. The number of carbonyl (C=O) groups is 1. The molecule has 0 saturated heterocycles. The van der Waals surface area contributed by atoms with Crippen LogP contribution in [-0.2, 0) is 13.6 Å². The lowest BCUT2D eigenvalue weighted by Gasteiger charge is -2.29. The number of pyridine rings is 1. The van der Waals surface area contributed by atoms with Gasteiger partial charge in [-0.3, -0.25) is 23.6 Å². The molecule has 0 bridgehead atoms. The summed E-state index contributed by atoms with van der Waals surface area (Å²) in [5.74, 6) is -0.374. The van der Waals surface area contributed by atoms with E-state index in [1.807, 2.05) is 60.3 Å². The third kappa shape index (κ3) is 4.77.